The van der Waals surface area contributed by atoms with Crippen molar-refractivity contribution >= 4 is 17.3 Å². The average Bonchev–Trinajstić information content (AvgIpc) is 2.20. The molecular formula is C11H17ClN2. The summed E-state index contributed by atoms with van der Waals surface area (Å²) in [7, 11) is 0. The molecule has 0 spiro atoms. The van der Waals surface area contributed by atoms with E-state index in [-0.39, 0.29) is 0 Å². The molecule has 0 saturated carbocycles. The third kappa shape index (κ3) is 3.18. The predicted octanol–water partition coefficient (Wildman–Crippen LogP) is 3.73. The maximum absolute atomic E-state index is 5.95. The van der Waals surface area contributed by atoms with E-state index < -0.39 is 0 Å². The van der Waals surface area contributed by atoms with Gasteiger partial charge in [0.15, 0.2) is 5.15 Å². The second-order valence-corrected chi connectivity index (χ2v) is 3.74. The van der Waals surface area contributed by atoms with Gasteiger partial charge in [-0.3, -0.25) is 0 Å². The molecule has 0 aliphatic carbocycles. The summed E-state index contributed by atoms with van der Waals surface area (Å²) in [6.45, 7) is 4.37. The van der Waals surface area contributed by atoms with E-state index in [4.69, 9.17) is 11.6 Å². The number of rotatable bonds is 5. The first kappa shape index (κ1) is 11.3. The summed E-state index contributed by atoms with van der Waals surface area (Å²) < 4.78 is 0. The molecule has 1 rings (SSSR count). The maximum atomic E-state index is 5.95. The number of nitrogens with zero attached hydrogens (tertiary/aromatic N) is 1. The number of hydrogen-bond donors (Lipinski definition) is 1. The van der Waals surface area contributed by atoms with Crippen LogP contribution in [-0.4, -0.2) is 11.0 Å². The molecule has 3 heteroatoms. The molecule has 1 aromatic heterocycles. The van der Waals surface area contributed by atoms with Crippen LogP contribution < -0.4 is 5.32 Å². The highest BCUT2D eigenvalue weighted by atomic mass is 35.5. The van der Waals surface area contributed by atoms with Crippen LogP contribution in [-0.2, 0) is 0 Å². The van der Waals surface area contributed by atoms with Gasteiger partial charge in [0.2, 0.25) is 0 Å². The van der Waals surface area contributed by atoms with Crippen molar-refractivity contribution in [3.63, 3.8) is 0 Å². The third-order valence-electron chi connectivity index (χ3n) is 2.25. The van der Waals surface area contributed by atoms with Gasteiger partial charge in [-0.2, -0.15) is 0 Å². The number of anilines is 1. The van der Waals surface area contributed by atoms with Crippen LogP contribution in [0.2, 0.25) is 5.15 Å². The zero-order valence-electron chi connectivity index (χ0n) is 8.76. The first-order valence-electron chi connectivity index (χ1n) is 5.15. The predicted molar refractivity (Wildman–Crippen MR) is 61.9 cm³/mol. The molecule has 1 atom stereocenters. The Morgan fingerprint density at radius 2 is 2.29 bits per heavy atom. The van der Waals surface area contributed by atoms with Crippen molar-refractivity contribution < 1.29 is 0 Å². The topological polar surface area (TPSA) is 24.9 Å². The average molecular weight is 213 g/mol. The fraction of sp³-hybridized carbons (Fsp3) is 0.545. The molecule has 2 nitrogen and oxygen atoms in total. The van der Waals surface area contributed by atoms with Crippen molar-refractivity contribution in [1.82, 2.24) is 4.98 Å². The van der Waals surface area contributed by atoms with Crippen LogP contribution in [0.5, 0.6) is 0 Å². The van der Waals surface area contributed by atoms with Crippen molar-refractivity contribution in [3.05, 3.63) is 23.5 Å². The second-order valence-electron chi connectivity index (χ2n) is 3.38. The number of hydrogen-bond acceptors (Lipinski definition) is 2. The van der Waals surface area contributed by atoms with Crippen LogP contribution >= 0.6 is 11.6 Å². The summed E-state index contributed by atoms with van der Waals surface area (Å²) in [6, 6.07) is 4.36. The molecule has 14 heavy (non-hydrogen) atoms. The van der Waals surface area contributed by atoms with Gasteiger partial charge in [0, 0.05) is 12.2 Å². The molecule has 0 fully saturated rings. The monoisotopic (exact) mass is 212 g/mol. The molecular weight excluding hydrogens is 196 g/mol. The number of halogens is 1. The number of nitrogens with one attached hydrogen (secondary N) is 1. The first-order chi connectivity index (χ1) is 6.77. The largest absolute Gasteiger partial charge is 0.380 e. The fourth-order valence-corrected chi connectivity index (χ4v) is 1.61. The van der Waals surface area contributed by atoms with E-state index in [2.05, 4.69) is 24.1 Å². The third-order valence-corrected chi connectivity index (χ3v) is 2.55. The lowest BCUT2D eigenvalue weighted by molar-refractivity contribution is 0.622. The molecule has 0 saturated heterocycles. The minimum atomic E-state index is 0.502. The van der Waals surface area contributed by atoms with Crippen molar-refractivity contribution in [2.45, 2.75) is 39.2 Å². The van der Waals surface area contributed by atoms with E-state index in [0.717, 1.165) is 12.1 Å². The van der Waals surface area contributed by atoms with Crippen molar-refractivity contribution in [3.8, 4) is 0 Å². The Labute approximate surface area is 90.7 Å². The number of pyridine rings is 1. The van der Waals surface area contributed by atoms with Crippen molar-refractivity contribution in [1.29, 1.82) is 0 Å². The SMILES string of the molecule is CCCC(CC)Nc1cccnc1Cl. The van der Waals surface area contributed by atoms with Crippen molar-refractivity contribution in [2.24, 2.45) is 0 Å². The Kier molecular flexibility index (Phi) is 4.74. The Morgan fingerprint density at radius 3 is 2.86 bits per heavy atom. The van der Waals surface area contributed by atoms with Crippen LogP contribution in [0.4, 0.5) is 5.69 Å². The first-order valence-corrected chi connectivity index (χ1v) is 5.52. The molecule has 0 aliphatic rings. The summed E-state index contributed by atoms with van der Waals surface area (Å²) in [5, 5.41) is 3.96. The van der Waals surface area contributed by atoms with Crippen molar-refractivity contribution in [2.75, 3.05) is 5.32 Å². The van der Waals surface area contributed by atoms with Gasteiger partial charge in [-0.25, -0.2) is 4.98 Å². The van der Waals surface area contributed by atoms with Crippen LogP contribution in [0.15, 0.2) is 18.3 Å². The maximum Gasteiger partial charge on any atom is 0.152 e. The molecule has 1 N–H and O–H groups in total. The van der Waals surface area contributed by atoms with E-state index >= 15 is 0 Å². The lowest BCUT2D eigenvalue weighted by Crippen LogP contribution is -2.18. The minimum Gasteiger partial charge on any atom is -0.380 e. The molecule has 78 valence electrons. The van der Waals surface area contributed by atoms with Gasteiger partial charge < -0.3 is 5.32 Å². The Balaban J connectivity index is 2.62. The van der Waals surface area contributed by atoms with Gasteiger partial charge in [0.05, 0.1) is 5.69 Å². The molecule has 1 unspecified atom stereocenters. The van der Waals surface area contributed by atoms with Gasteiger partial charge in [0.25, 0.3) is 0 Å². The molecule has 0 aromatic carbocycles. The van der Waals surface area contributed by atoms with E-state index in [9.17, 15) is 0 Å². The summed E-state index contributed by atoms with van der Waals surface area (Å²) in [6.07, 6.45) is 5.17. The molecule has 1 heterocycles. The van der Waals surface area contributed by atoms with Gasteiger partial charge >= 0.3 is 0 Å². The highest BCUT2D eigenvalue weighted by molar-refractivity contribution is 6.31. The van der Waals surface area contributed by atoms with Crippen LogP contribution in [0, 0.1) is 0 Å². The number of aromatic nitrogens is 1. The lowest BCUT2D eigenvalue weighted by Gasteiger charge is -2.17. The Bertz CT molecular complexity index is 276. The summed E-state index contributed by atoms with van der Waals surface area (Å²) in [5.74, 6) is 0. The second kappa shape index (κ2) is 5.86. The van der Waals surface area contributed by atoms with E-state index in [1.54, 1.807) is 6.20 Å². The molecule has 0 amide bonds. The minimum absolute atomic E-state index is 0.502. The van der Waals surface area contributed by atoms with Gasteiger partial charge in [-0.05, 0) is 25.0 Å². The van der Waals surface area contributed by atoms with Gasteiger partial charge in [0.1, 0.15) is 0 Å². The Morgan fingerprint density at radius 1 is 1.50 bits per heavy atom. The summed E-state index contributed by atoms with van der Waals surface area (Å²) in [4.78, 5) is 4.03. The zero-order valence-corrected chi connectivity index (χ0v) is 9.51. The Hall–Kier alpha value is -0.760. The quantitative estimate of drug-likeness (QED) is 0.753. The summed E-state index contributed by atoms with van der Waals surface area (Å²) in [5.41, 5.74) is 0.939. The smallest absolute Gasteiger partial charge is 0.152 e. The normalized spacial score (nSPS) is 12.5. The van der Waals surface area contributed by atoms with Crippen LogP contribution in [0.1, 0.15) is 33.1 Å². The summed E-state index contributed by atoms with van der Waals surface area (Å²) >= 11 is 5.95. The molecule has 0 aliphatic heterocycles. The van der Waals surface area contributed by atoms with Crippen LogP contribution in [0.25, 0.3) is 0 Å². The highest BCUT2D eigenvalue weighted by Gasteiger charge is 2.06. The van der Waals surface area contributed by atoms with E-state index in [1.807, 2.05) is 12.1 Å². The zero-order chi connectivity index (χ0) is 10.4. The fourth-order valence-electron chi connectivity index (χ4n) is 1.44. The molecule has 1 aromatic rings. The van der Waals surface area contributed by atoms with Gasteiger partial charge in [-0.15, -0.1) is 0 Å². The van der Waals surface area contributed by atoms with E-state index in [0.29, 0.717) is 11.2 Å². The molecule has 0 radical (unpaired) electrons. The van der Waals surface area contributed by atoms with Gasteiger partial charge in [-0.1, -0.05) is 31.9 Å². The lowest BCUT2D eigenvalue weighted by atomic mass is 10.1. The highest BCUT2D eigenvalue weighted by Crippen LogP contribution is 2.20. The molecule has 0 bridgehead atoms. The standard InChI is InChI=1S/C11H17ClN2/c1-3-6-9(4-2)14-10-7-5-8-13-11(10)12/h5,7-9,14H,3-4,6H2,1-2H3. The van der Waals surface area contributed by atoms with E-state index in [1.165, 1.54) is 12.8 Å². The van der Waals surface area contributed by atoms with Crippen LogP contribution in [0.3, 0.4) is 0 Å².